The molecule has 1 rings (SSSR count). The van der Waals surface area contributed by atoms with Crippen LogP contribution in [0.3, 0.4) is 0 Å². The second kappa shape index (κ2) is 7.87. The Balaban J connectivity index is 2.83. The van der Waals surface area contributed by atoms with Crippen LogP contribution in [-0.2, 0) is 11.3 Å². The molecule has 5 nitrogen and oxygen atoms in total. The minimum absolute atomic E-state index is 0.370. The molecule has 0 amide bonds. The zero-order valence-electron chi connectivity index (χ0n) is 11.7. The quantitative estimate of drug-likeness (QED) is 0.771. The van der Waals surface area contributed by atoms with Crippen molar-refractivity contribution in [2.24, 2.45) is 0 Å². The first kappa shape index (κ1) is 14.7. The van der Waals surface area contributed by atoms with E-state index in [1.807, 2.05) is 6.07 Å². The van der Waals surface area contributed by atoms with Crippen LogP contribution in [0.4, 0.5) is 5.82 Å². The van der Waals surface area contributed by atoms with E-state index in [1.165, 1.54) is 0 Å². The van der Waals surface area contributed by atoms with Crippen molar-refractivity contribution in [3.8, 4) is 5.88 Å². The highest BCUT2D eigenvalue weighted by molar-refractivity contribution is 5.39. The number of methoxy groups -OCH3 is 1. The topological polar surface area (TPSA) is 56.3 Å². The minimum atomic E-state index is 0.370. The summed E-state index contributed by atoms with van der Waals surface area (Å²) in [4.78, 5) is 8.69. The Kier molecular flexibility index (Phi) is 6.43. The number of nitrogens with one attached hydrogen (secondary N) is 1. The molecule has 0 bridgehead atoms. The van der Waals surface area contributed by atoms with E-state index in [4.69, 9.17) is 9.47 Å². The highest BCUT2D eigenvalue weighted by atomic mass is 16.5. The summed E-state index contributed by atoms with van der Waals surface area (Å²) >= 11 is 0. The van der Waals surface area contributed by atoms with Gasteiger partial charge in [0, 0.05) is 19.2 Å². The van der Waals surface area contributed by atoms with Gasteiger partial charge < -0.3 is 14.8 Å². The third kappa shape index (κ3) is 4.87. The Morgan fingerprint density at radius 3 is 2.72 bits per heavy atom. The highest BCUT2D eigenvalue weighted by Crippen LogP contribution is 2.15. The molecule has 1 aromatic rings. The fourth-order valence-corrected chi connectivity index (χ4v) is 1.38. The Labute approximate surface area is 109 Å². The molecule has 0 radical (unpaired) electrons. The van der Waals surface area contributed by atoms with Crippen molar-refractivity contribution in [1.82, 2.24) is 9.97 Å². The average molecular weight is 253 g/mol. The minimum Gasteiger partial charge on any atom is -0.478 e. The molecule has 1 unspecified atom stereocenters. The number of rotatable bonds is 8. The zero-order chi connectivity index (χ0) is 13.4. The Bertz CT molecular complexity index is 358. The van der Waals surface area contributed by atoms with Crippen LogP contribution >= 0.6 is 0 Å². The molecule has 0 saturated carbocycles. The van der Waals surface area contributed by atoms with Crippen LogP contribution in [0.1, 0.15) is 39.4 Å². The maximum atomic E-state index is 5.55. The van der Waals surface area contributed by atoms with E-state index in [0.717, 1.165) is 18.7 Å². The van der Waals surface area contributed by atoms with Crippen molar-refractivity contribution < 1.29 is 9.47 Å². The third-order valence-corrected chi connectivity index (χ3v) is 2.48. The van der Waals surface area contributed by atoms with E-state index in [1.54, 1.807) is 7.11 Å². The summed E-state index contributed by atoms with van der Waals surface area (Å²) in [5, 5.41) is 3.32. The average Bonchev–Trinajstić information content (AvgIpc) is 2.36. The molecule has 0 spiro atoms. The highest BCUT2D eigenvalue weighted by Gasteiger charge is 2.07. The van der Waals surface area contributed by atoms with Crippen molar-refractivity contribution in [2.75, 3.05) is 19.0 Å². The fourth-order valence-electron chi connectivity index (χ4n) is 1.38. The lowest BCUT2D eigenvalue weighted by Gasteiger charge is -2.14. The lowest BCUT2D eigenvalue weighted by atomic mass is 10.2. The number of hydrogen-bond acceptors (Lipinski definition) is 5. The molecule has 18 heavy (non-hydrogen) atoms. The summed E-state index contributed by atoms with van der Waals surface area (Å²) in [5.74, 6) is 2.03. The number of hydrogen-bond donors (Lipinski definition) is 1. The van der Waals surface area contributed by atoms with E-state index in [0.29, 0.717) is 31.0 Å². The molecule has 0 aliphatic heterocycles. The molecule has 102 valence electrons. The monoisotopic (exact) mass is 253 g/mol. The second-order valence-corrected chi connectivity index (χ2v) is 4.24. The van der Waals surface area contributed by atoms with Crippen molar-refractivity contribution in [1.29, 1.82) is 0 Å². The van der Waals surface area contributed by atoms with E-state index >= 15 is 0 Å². The van der Waals surface area contributed by atoms with Gasteiger partial charge in [0.15, 0.2) is 5.82 Å². The molecule has 0 aliphatic rings. The van der Waals surface area contributed by atoms with Crippen LogP contribution in [0.15, 0.2) is 6.07 Å². The fraction of sp³-hybridized carbons (Fsp3) is 0.692. The molecular formula is C13H23N3O2. The van der Waals surface area contributed by atoms with Crippen molar-refractivity contribution >= 4 is 5.82 Å². The molecule has 1 heterocycles. The van der Waals surface area contributed by atoms with Gasteiger partial charge in [-0.15, -0.1) is 0 Å². The summed E-state index contributed by atoms with van der Waals surface area (Å²) in [5.41, 5.74) is 0. The van der Waals surface area contributed by atoms with Crippen LogP contribution in [0.5, 0.6) is 5.88 Å². The molecular weight excluding hydrogens is 230 g/mol. The van der Waals surface area contributed by atoms with Gasteiger partial charge in [0.2, 0.25) is 5.88 Å². The first-order chi connectivity index (χ1) is 8.69. The van der Waals surface area contributed by atoms with E-state index in [2.05, 4.69) is 36.1 Å². The lowest BCUT2D eigenvalue weighted by molar-refractivity contribution is 0.176. The molecule has 0 aromatic carbocycles. The largest absolute Gasteiger partial charge is 0.478 e. The van der Waals surface area contributed by atoms with Gasteiger partial charge >= 0.3 is 0 Å². The Morgan fingerprint density at radius 2 is 2.11 bits per heavy atom. The van der Waals surface area contributed by atoms with Gasteiger partial charge in [0.25, 0.3) is 0 Å². The lowest BCUT2D eigenvalue weighted by Crippen LogP contribution is -2.16. The van der Waals surface area contributed by atoms with E-state index in [9.17, 15) is 0 Å². The number of anilines is 1. The van der Waals surface area contributed by atoms with Gasteiger partial charge in [-0.2, -0.15) is 4.98 Å². The van der Waals surface area contributed by atoms with Gasteiger partial charge in [-0.05, 0) is 19.8 Å². The van der Waals surface area contributed by atoms with Gasteiger partial charge in [-0.3, -0.25) is 0 Å². The second-order valence-electron chi connectivity index (χ2n) is 4.24. The van der Waals surface area contributed by atoms with Gasteiger partial charge in [0.1, 0.15) is 12.4 Å². The summed E-state index contributed by atoms with van der Waals surface area (Å²) in [6.45, 7) is 7.36. The zero-order valence-corrected chi connectivity index (χ0v) is 11.7. The number of nitrogens with zero attached hydrogens (tertiary/aromatic N) is 2. The molecule has 1 aromatic heterocycles. The summed E-state index contributed by atoms with van der Waals surface area (Å²) in [7, 11) is 1.63. The van der Waals surface area contributed by atoms with Crippen molar-refractivity contribution in [3.05, 3.63) is 11.9 Å². The van der Waals surface area contributed by atoms with Crippen LogP contribution in [0.2, 0.25) is 0 Å². The first-order valence-electron chi connectivity index (χ1n) is 6.45. The number of aromatic nitrogens is 2. The standard InChI is InChI=1S/C13H23N3O2/c1-5-7-18-13-8-11(14-10(3)6-2)15-12(16-13)9-17-4/h8,10H,5-7,9H2,1-4H3,(H,14,15,16). The number of ether oxygens (including phenoxy) is 2. The predicted octanol–water partition coefficient (Wildman–Crippen LogP) is 2.62. The first-order valence-corrected chi connectivity index (χ1v) is 6.45. The molecule has 1 N–H and O–H groups in total. The van der Waals surface area contributed by atoms with Gasteiger partial charge in [-0.1, -0.05) is 13.8 Å². The van der Waals surface area contributed by atoms with Crippen LogP contribution < -0.4 is 10.1 Å². The normalized spacial score (nSPS) is 12.2. The molecule has 5 heteroatoms. The SMILES string of the molecule is CCCOc1cc(NC(C)CC)nc(COC)n1. The Morgan fingerprint density at radius 1 is 1.33 bits per heavy atom. The van der Waals surface area contributed by atoms with Crippen LogP contribution in [0, 0.1) is 0 Å². The molecule has 0 aliphatic carbocycles. The van der Waals surface area contributed by atoms with Gasteiger partial charge in [0.05, 0.1) is 6.61 Å². The summed E-state index contributed by atoms with van der Waals surface area (Å²) in [6.07, 6.45) is 1.99. The molecule has 0 fully saturated rings. The Hall–Kier alpha value is -1.36. The molecule has 1 atom stereocenters. The maximum Gasteiger partial charge on any atom is 0.218 e. The van der Waals surface area contributed by atoms with Crippen molar-refractivity contribution in [3.63, 3.8) is 0 Å². The van der Waals surface area contributed by atoms with Crippen molar-refractivity contribution in [2.45, 2.75) is 46.3 Å². The van der Waals surface area contributed by atoms with E-state index < -0.39 is 0 Å². The van der Waals surface area contributed by atoms with Crippen LogP contribution in [0.25, 0.3) is 0 Å². The third-order valence-electron chi connectivity index (χ3n) is 2.48. The molecule has 0 saturated heterocycles. The maximum absolute atomic E-state index is 5.55. The van der Waals surface area contributed by atoms with E-state index in [-0.39, 0.29) is 0 Å². The summed E-state index contributed by atoms with van der Waals surface area (Å²) in [6, 6.07) is 2.20. The predicted molar refractivity (Wildman–Crippen MR) is 71.9 cm³/mol. The summed E-state index contributed by atoms with van der Waals surface area (Å²) < 4.78 is 10.6. The smallest absolute Gasteiger partial charge is 0.218 e. The van der Waals surface area contributed by atoms with Gasteiger partial charge in [-0.25, -0.2) is 4.98 Å². The van der Waals surface area contributed by atoms with Crippen LogP contribution in [-0.4, -0.2) is 29.7 Å².